The van der Waals surface area contributed by atoms with Gasteiger partial charge in [0.25, 0.3) is 40.5 Å². The van der Waals surface area contributed by atoms with Crippen molar-refractivity contribution >= 4 is 119 Å². The summed E-state index contributed by atoms with van der Waals surface area (Å²) >= 11 is 0. The monoisotopic (exact) mass is 1090 g/mol. The number of hydrogen-bond acceptors (Lipinski definition) is 23. The van der Waals surface area contributed by atoms with Gasteiger partial charge in [0.05, 0.1) is 34.3 Å². The van der Waals surface area contributed by atoms with Crippen LogP contribution in [0.3, 0.4) is 0 Å². The molecule has 34 heteroatoms. The van der Waals surface area contributed by atoms with Gasteiger partial charge in [0.1, 0.15) is 21.2 Å². The second-order valence-corrected chi connectivity index (χ2v) is 22.5. The molecular formula is C37H35N9O20S5. The fourth-order valence-corrected chi connectivity index (χ4v) is 10.7. The lowest BCUT2D eigenvalue weighted by atomic mass is 10.1. The van der Waals surface area contributed by atoms with E-state index in [0.717, 1.165) is 67.7 Å². The van der Waals surface area contributed by atoms with Gasteiger partial charge in [0.2, 0.25) is 37.7 Å². The number of aromatic nitrogens is 3. The molecule has 12 N–H and O–H groups in total. The summed E-state index contributed by atoms with van der Waals surface area (Å²) < 4.78 is 161. The molecule has 0 aliphatic heterocycles. The number of amides is 1. The maximum atomic E-state index is 13.2. The van der Waals surface area contributed by atoms with Crippen LogP contribution in [0.1, 0.15) is 6.92 Å². The number of hydrogen-bond donors (Lipinski definition) is 12. The minimum atomic E-state index is -5.62. The summed E-state index contributed by atoms with van der Waals surface area (Å²) in [6, 6.07) is 8.36. The molecule has 0 aliphatic rings. The molecule has 5 aromatic rings. The van der Waals surface area contributed by atoms with E-state index in [2.05, 4.69) is 53.0 Å². The first-order valence-corrected chi connectivity index (χ1v) is 26.0. The lowest BCUT2D eigenvalue weighted by Gasteiger charge is -2.26. The Morgan fingerprint density at radius 2 is 1.28 bits per heavy atom. The van der Waals surface area contributed by atoms with E-state index in [-0.39, 0.29) is 28.8 Å². The Bertz CT molecular complexity index is 3680. The number of carbonyl (C=O) groups excluding carboxylic acids is 1. The number of benzene rings is 4. The Kier molecular flexibility index (Phi) is 15.8. The van der Waals surface area contributed by atoms with E-state index in [9.17, 15) is 90.3 Å². The Morgan fingerprint density at radius 1 is 0.718 bits per heavy atom. The normalized spacial score (nSPS) is 13.1. The maximum Gasteiger partial charge on any atom is 0.335 e. The lowest BCUT2D eigenvalue weighted by molar-refractivity contribution is -0.132. The van der Waals surface area contributed by atoms with E-state index in [0.29, 0.717) is 18.2 Å². The van der Waals surface area contributed by atoms with Gasteiger partial charge >= 0.3 is 5.97 Å². The van der Waals surface area contributed by atoms with Crippen molar-refractivity contribution < 1.29 is 90.3 Å². The second kappa shape index (κ2) is 20.5. The summed E-state index contributed by atoms with van der Waals surface area (Å²) in [5.74, 6) is -4.49. The number of aliphatic hydroxyl groups excluding tert-OH is 2. The number of fused-ring (bicyclic) bond motifs is 1. The van der Waals surface area contributed by atoms with Crippen LogP contribution >= 0.6 is 0 Å². The molecule has 378 valence electrons. The average Bonchev–Trinajstić information content (AvgIpc) is 3.24. The number of aliphatic hydroxyl groups is 2. The van der Waals surface area contributed by atoms with Crippen molar-refractivity contribution in [2.75, 3.05) is 34.5 Å². The number of sulfone groups is 1. The highest BCUT2D eigenvalue weighted by atomic mass is 32.3. The van der Waals surface area contributed by atoms with Crippen LogP contribution in [-0.4, -0.2) is 125 Å². The van der Waals surface area contributed by atoms with E-state index < -0.39 is 139 Å². The molecule has 0 fully saturated rings. The molecule has 0 radical (unpaired) electrons. The average molecular weight is 1090 g/mol. The topological polar surface area (TPSA) is 478 Å². The SMILES string of the molecule is C=C/C(=C\C=C/Nc1nc(Nc2ccc(S(=O)(=O)C(CO)(CO)S(=O)(=O)O)cc2)nc(Nc2ccc(S(=O)(=O)O)c(N=Nc3c(S(=O)(=O)O)cc4cc(S(=O)(=O)O)cc(NC(C)=O)c4c3O)c2)n1)C(=O)O. The molecule has 0 bridgehead atoms. The lowest BCUT2D eigenvalue weighted by Crippen LogP contribution is -2.52. The standard InChI is InChI=1S/C37H35N9O20S5/c1-3-20(33(51)52)5-4-12-38-34-42-35(40-22-6-9-24(10-7-22)67(53,54)37(17-47,18-48)71(64,65)66)44-36(43-34)41-23-8-11-28(69(58,59)60)26(15-23)45-46-31-29(70(61,62)63)14-21-13-25(68(55,56)57)16-27(39-19(2)49)30(21)32(31)50/h3-16,47-48,50H,1,17-18H2,2H3,(H,39,49)(H,51,52)(H,55,56,57)(H,58,59,60)(H,61,62,63)(H,64,65,66)(H3,38,40,41,42,43,44)/b12-4-,20-5+,46-45?. The molecule has 4 aromatic carbocycles. The number of carbonyl (C=O) groups is 2. The third-order valence-corrected chi connectivity index (χ3v) is 16.5. The zero-order chi connectivity index (χ0) is 53.1. The van der Waals surface area contributed by atoms with Crippen molar-refractivity contribution in [3.05, 3.63) is 97.2 Å². The van der Waals surface area contributed by atoms with E-state index in [1.165, 1.54) is 6.08 Å². The number of nitrogens with one attached hydrogen (secondary N) is 4. The zero-order valence-corrected chi connectivity index (χ0v) is 39.5. The number of allylic oxidation sites excluding steroid dienone is 2. The fourth-order valence-electron chi connectivity index (χ4n) is 5.95. The second-order valence-electron chi connectivity index (χ2n) is 14.1. The van der Waals surface area contributed by atoms with Crippen LogP contribution in [0.4, 0.5) is 46.3 Å². The smallest absolute Gasteiger partial charge is 0.335 e. The van der Waals surface area contributed by atoms with Gasteiger partial charge in [-0.2, -0.15) is 48.6 Å². The van der Waals surface area contributed by atoms with E-state index in [1.54, 1.807) is 0 Å². The third kappa shape index (κ3) is 12.2. The number of azo groups is 1. The highest BCUT2D eigenvalue weighted by Crippen LogP contribution is 2.46. The summed E-state index contributed by atoms with van der Waals surface area (Å²) in [6.45, 7) is 0.900. The van der Waals surface area contributed by atoms with Gasteiger partial charge < -0.3 is 41.7 Å². The van der Waals surface area contributed by atoms with Crippen molar-refractivity contribution in [3.63, 3.8) is 0 Å². The number of rotatable bonds is 20. The van der Waals surface area contributed by atoms with Gasteiger partial charge in [-0.15, -0.1) is 10.2 Å². The van der Waals surface area contributed by atoms with Crippen molar-refractivity contribution in [2.45, 2.75) is 30.6 Å². The van der Waals surface area contributed by atoms with E-state index in [4.69, 9.17) is 0 Å². The Balaban J connectivity index is 1.63. The Labute approximate surface area is 401 Å². The number of nitrogens with zero attached hydrogens (tertiary/aromatic N) is 5. The molecule has 1 heterocycles. The van der Waals surface area contributed by atoms with Gasteiger partial charge in [0, 0.05) is 29.9 Å². The first-order valence-electron chi connectivity index (χ1n) is 18.8. The minimum Gasteiger partial charge on any atom is -0.505 e. The Morgan fingerprint density at radius 3 is 1.79 bits per heavy atom. The van der Waals surface area contributed by atoms with Gasteiger partial charge in [-0.3, -0.25) is 23.0 Å². The molecule has 0 atom stereocenters. The summed E-state index contributed by atoms with van der Waals surface area (Å²) in [5.41, 5.74) is -2.89. The molecule has 0 unspecified atom stereocenters. The number of carboxylic acid groups (broad SMARTS) is 1. The van der Waals surface area contributed by atoms with Gasteiger partial charge in [-0.05, 0) is 78.2 Å². The quantitative estimate of drug-likeness (QED) is 0.0231. The molecule has 0 spiro atoms. The number of phenols is 1. The van der Waals surface area contributed by atoms with E-state index in [1.807, 2.05) is 0 Å². The third-order valence-electron chi connectivity index (χ3n) is 9.31. The van der Waals surface area contributed by atoms with Crippen LogP contribution in [0.15, 0.2) is 127 Å². The number of phenolic OH excluding ortho intramolecular Hbond substituents is 1. The van der Waals surface area contributed by atoms with Gasteiger partial charge in [-0.1, -0.05) is 12.7 Å². The number of aromatic hydroxyl groups is 1. The zero-order valence-electron chi connectivity index (χ0n) is 35.5. The number of aliphatic carboxylic acids is 1. The highest BCUT2D eigenvalue weighted by molar-refractivity contribution is 8.08. The number of anilines is 6. The van der Waals surface area contributed by atoms with Crippen molar-refractivity contribution in [1.82, 2.24) is 15.0 Å². The minimum absolute atomic E-state index is 0.0162. The molecule has 5 rings (SSSR count). The molecule has 0 saturated carbocycles. The molecule has 1 aromatic heterocycles. The van der Waals surface area contributed by atoms with Crippen LogP contribution in [0.2, 0.25) is 0 Å². The van der Waals surface area contributed by atoms with Crippen LogP contribution < -0.4 is 21.3 Å². The summed E-state index contributed by atoms with van der Waals surface area (Å²) in [6.07, 6.45) is 4.55. The highest BCUT2D eigenvalue weighted by Gasteiger charge is 2.55. The predicted molar refractivity (Wildman–Crippen MR) is 247 cm³/mol. The first kappa shape index (κ1) is 54.6. The van der Waals surface area contributed by atoms with Crippen LogP contribution in [-0.2, 0) is 59.9 Å². The van der Waals surface area contributed by atoms with Gasteiger partial charge in [0.15, 0.2) is 5.75 Å². The van der Waals surface area contributed by atoms with Crippen LogP contribution in [0.5, 0.6) is 5.75 Å². The van der Waals surface area contributed by atoms with Gasteiger partial charge in [-0.25, -0.2) is 13.2 Å². The summed E-state index contributed by atoms with van der Waals surface area (Å²) in [4.78, 5) is 31.9. The molecule has 0 saturated heterocycles. The maximum absolute atomic E-state index is 13.2. The predicted octanol–water partition coefficient (Wildman–Crippen LogP) is 2.80. The molecule has 29 nitrogen and oxygen atoms in total. The van der Waals surface area contributed by atoms with Crippen LogP contribution in [0, 0.1) is 0 Å². The Hall–Kier alpha value is -7.38. The summed E-state index contributed by atoms with van der Waals surface area (Å²) in [5, 5.41) is 56.4. The van der Waals surface area contributed by atoms with Crippen molar-refractivity contribution in [3.8, 4) is 5.75 Å². The van der Waals surface area contributed by atoms with E-state index >= 15 is 0 Å². The van der Waals surface area contributed by atoms with Crippen molar-refractivity contribution in [1.29, 1.82) is 0 Å². The fraction of sp³-hybridized carbons (Fsp3) is 0.108. The molecule has 1 amide bonds. The number of carboxylic acids is 1. The summed E-state index contributed by atoms with van der Waals surface area (Å²) in [7, 11) is -26.5. The largest absolute Gasteiger partial charge is 0.505 e. The molecule has 71 heavy (non-hydrogen) atoms. The first-order chi connectivity index (χ1) is 32.9. The molecular weight excluding hydrogens is 1050 g/mol. The van der Waals surface area contributed by atoms with Crippen LogP contribution in [0.25, 0.3) is 10.8 Å². The molecule has 0 aliphatic carbocycles. The van der Waals surface area contributed by atoms with Crippen molar-refractivity contribution in [2.24, 2.45) is 10.2 Å².